The van der Waals surface area contributed by atoms with Gasteiger partial charge < -0.3 is 15.0 Å². The number of anilines is 1. The number of para-hydroxylation sites is 1. The lowest BCUT2D eigenvalue weighted by Crippen LogP contribution is -2.15. The molecule has 24 heavy (non-hydrogen) atoms. The molecule has 3 rings (SSSR count). The third-order valence-corrected chi connectivity index (χ3v) is 4.34. The van der Waals surface area contributed by atoms with Crippen LogP contribution < -0.4 is 10.1 Å². The smallest absolute Gasteiger partial charge is 0.228 e. The van der Waals surface area contributed by atoms with Crippen molar-refractivity contribution in [3.05, 3.63) is 59.3 Å². The summed E-state index contributed by atoms with van der Waals surface area (Å²) in [6.07, 6.45) is 1.22. The summed E-state index contributed by atoms with van der Waals surface area (Å²) in [5.41, 5.74) is 5.07. The molecule has 1 aromatic heterocycles. The molecule has 124 valence electrons. The number of methoxy groups -OCH3 is 1. The van der Waals surface area contributed by atoms with Crippen LogP contribution in [0.1, 0.15) is 23.7 Å². The van der Waals surface area contributed by atoms with Crippen molar-refractivity contribution < 1.29 is 9.53 Å². The van der Waals surface area contributed by atoms with Gasteiger partial charge >= 0.3 is 0 Å². The number of hydrogen-bond acceptors (Lipinski definition) is 2. The van der Waals surface area contributed by atoms with E-state index in [0.29, 0.717) is 6.42 Å². The van der Waals surface area contributed by atoms with Crippen LogP contribution in [0.5, 0.6) is 5.75 Å². The fourth-order valence-corrected chi connectivity index (χ4v) is 3.02. The lowest BCUT2D eigenvalue weighted by atomic mass is 10.1. The van der Waals surface area contributed by atoms with Crippen molar-refractivity contribution in [2.45, 2.75) is 26.7 Å². The average molecular weight is 322 g/mol. The number of benzene rings is 2. The lowest BCUT2D eigenvalue weighted by molar-refractivity contribution is -0.115. The second-order valence-electron chi connectivity index (χ2n) is 5.88. The lowest BCUT2D eigenvalue weighted by Gasteiger charge is -2.10. The number of aromatic nitrogens is 1. The summed E-state index contributed by atoms with van der Waals surface area (Å²) in [4.78, 5) is 15.9. The maximum Gasteiger partial charge on any atom is 0.228 e. The zero-order chi connectivity index (χ0) is 17.1. The summed E-state index contributed by atoms with van der Waals surface area (Å²) in [7, 11) is 1.65. The molecular weight excluding hydrogens is 300 g/mol. The van der Waals surface area contributed by atoms with Crippen LogP contribution in [0.2, 0.25) is 0 Å². The Morgan fingerprint density at radius 3 is 2.75 bits per heavy atom. The van der Waals surface area contributed by atoms with Crippen molar-refractivity contribution >= 4 is 22.5 Å². The summed E-state index contributed by atoms with van der Waals surface area (Å²) >= 11 is 0. The molecule has 0 aliphatic heterocycles. The third kappa shape index (κ3) is 3.13. The fourth-order valence-electron chi connectivity index (χ4n) is 3.02. The molecule has 2 N–H and O–H groups in total. The number of H-pyrrole nitrogens is 1. The first-order valence-corrected chi connectivity index (χ1v) is 8.15. The van der Waals surface area contributed by atoms with Crippen LogP contribution in [0.3, 0.4) is 0 Å². The van der Waals surface area contributed by atoms with E-state index in [1.165, 1.54) is 0 Å². The minimum atomic E-state index is -0.0114. The molecule has 0 spiro atoms. The monoisotopic (exact) mass is 322 g/mol. The van der Waals surface area contributed by atoms with E-state index in [4.69, 9.17) is 4.74 Å². The molecule has 0 aliphatic carbocycles. The molecule has 0 fully saturated rings. The Hall–Kier alpha value is -2.75. The van der Waals surface area contributed by atoms with Crippen LogP contribution in [0.15, 0.2) is 42.5 Å². The predicted octanol–water partition coefficient (Wildman–Crippen LogP) is 4.23. The highest BCUT2D eigenvalue weighted by molar-refractivity contribution is 5.97. The Morgan fingerprint density at radius 1 is 1.21 bits per heavy atom. The Morgan fingerprint density at radius 2 is 2.00 bits per heavy atom. The number of nitrogens with one attached hydrogen (secondary N) is 2. The fraction of sp³-hybridized carbons (Fsp3) is 0.250. The van der Waals surface area contributed by atoms with Crippen LogP contribution in [0.4, 0.5) is 5.69 Å². The summed E-state index contributed by atoms with van der Waals surface area (Å²) < 4.78 is 5.30. The highest BCUT2D eigenvalue weighted by Crippen LogP contribution is 2.27. The number of ether oxygens (including phenoxy) is 1. The second kappa shape index (κ2) is 6.79. The van der Waals surface area contributed by atoms with E-state index < -0.39 is 0 Å². The minimum Gasteiger partial charge on any atom is -0.497 e. The van der Waals surface area contributed by atoms with Gasteiger partial charge in [-0.2, -0.15) is 0 Å². The Balaban J connectivity index is 1.86. The highest BCUT2D eigenvalue weighted by atomic mass is 16.5. The van der Waals surface area contributed by atoms with Gasteiger partial charge in [-0.25, -0.2) is 0 Å². The number of aryl methyl sites for hydroxylation is 2. The van der Waals surface area contributed by atoms with Crippen LogP contribution >= 0.6 is 0 Å². The maximum atomic E-state index is 12.5. The number of amides is 1. The number of carbonyl (C=O) groups is 1. The topological polar surface area (TPSA) is 54.1 Å². The van der Waals surface area contributed by atoms with Gasteiger partial charge in [-0.1, -0.05) is 25.1 Å². The van der Waals surface area contributed by atoms with E-state index in [-0.39, 0.29) is 5.91 Å². The number of hydrogen-bond donors (Lipinski definition) is 2. The largest absolute Gasteiger partial charge is 0.497 e. The molecule has 4 nitrogen and oxygen atoms in total. The van der Waals surface area contributed by atoms with Crippen molar-refractivity contribution in [2.75, 3.05) is 12.4 Å². The van der Waals surface area contributed by atoms with E-state index in [1.54, 1.807) is 7.11 Å². The number of carbonyl (C=O) groups excluding carboxylic acids is 1. The van der Waals surface area contributed by atoms with E-state index in [9.17, 15) is 4.79 Å². The number of rotatable bonds is 5. The SMILES string of the molecule is CCc1ccccc1NC(=O)Cc1c(C)[nH]c2ccc(OC)cc12. The Kier molecular flexibility index (Phi) is 4.56. The van der Waals surface area contributed by atoms with E-state index >= 15 is 0 Å². The first-order chi connectivity index (χ1) is 11.6. The number of aromatic amines is 1. The van der Waals surface area contributed by atoms with Crippen LogP contribution in [-0.2, 0) is 17.6 Å². The van der Waals surface area contributed by atoms with Crippen molar-refractivity contribution in [3.63, 3.8) is 0 Å². The molecule has 0 aliphatic rings. The second-order valence-corrected chi connectivity index (χ2v) is 5.88. The number of fused-ring (bicyclic) bond motifs is 1. The van der Waals surface area contributed by atoms with Gasteiger partial charge in [0.05, 0.1) is 13.5 Å². The highest BCUT2D eigenvalue weighted by Gasteiger charge is 2.14. The molecule has 0 unspecified atom stereocenters. The van der Waals surface area contributed by atoms with Crippen molar-refractivity contribution in [2.24, 2.45) is 0 Å². The molecule has 0 saturated heterocycles. The zero-order valence-electron chi connectivity index (χ0n) is 14.3. The van der Waals surface area contributed by atoms with E-state index in [1.807, 2.05) is 49.4 Å². The molecule has 1 amide bonds. The summed E-state index contributed by atoms with van der Waals surface area (Å²) in [5.74, 6) is 0.780. The maximum absolute atomic E-state index is 12.5. The zero-order valence-corrected chi connectivity index (χ0v) is 14.3. The normalized spacial score (nSPS) is 10.8. The van der Waals surface area contributed by atoms with Gasteiger partial charge in [0.25, 0.3) is 0 Å². The van der Waals surface area contributed by atoms with Gasteiger partial charge in [0.1, 0.15) is 5.75 Å². The molecule has 0 saturated carbocycles. The van der Waals surface area contributed by atoms with Crippen molar-refractivity contribution in [1.29, 1.82) is 0 Å². The van der Waals surface area contributed by atoms with Crippen molar-refractivity contribution in [1.82, 2.24) is 4.98 Å². The van der Waals surface area contributed by atoms with Gasteiger partial charge in [0.15, 0.2) is 0 Å². The van der Waals surface area contributed by atoms with Gasteiger partial charge in [-0.15, -0.1) is 0 Å². The summed E-state index contributed by atoms with van der Waals surface area (Å²) in [6.45, 7) is 4.08. The van der Waals surface area contributed by atoms with Gasteiger partial charge in [-0.05, 0) is 48.7 Å². The van der Waals surface area contributed by atoms with Gasteiger partial charge in [-0.3, -0.25) is 4.79 Å². The van der Waals surface area contributed by atoms with E-state index in [2.05, 4.69) is 17.2 Å². The summed E-state index contributed by atoms with van der Waals surface area (Å²) in [5, 5.41) is 4.07. The molecular formula is C20H22N2O2. The van der Waals surface area contributed by atoms with Crippen LogP contribution in [0.25, 0.3) is 10.9 Å². The third-order valence-electron chi connectivity index (χ3n) is 4.34. The van der Waals surface area contributed by atoms with Crippen molar-refractivity contribution in [3.8, 4) is 5.75 Å². The molecule has 0 atom stereocenters. The molecule has 0 bridgehead atoms. The van der Waals surface area contributed by atoms with Crippen LogP contribution in [-0.4, -0.2) is 18.0 Å². The van der Waals surface area contributed by atoms with Gasteiger partial charge in [0, 0.05) is 22.3 Å². The first kappa shape index (κ1) is 16.1. The minimum absolute atomic E-state index is 0.0114. The Bertz CT molecular complexity index is 880. The van der Waals surface area contributed by atoms with Crippen LogP contribution in [0, 0.1) is 6.92 Å². The van der Waals surface area contributed by atoms with Gasteiger partial charge in [0.2, 0.25) is 5.91 Å². The Labute approximate surface area is 141 Å². The molecule has 2 aromatic carbocycles. The standard InChI is InChI=1S/C20H22N2O2/c1-4-14-7-5-6-8-18(14)22-20(23)12-16-13(2)21-19-10-9-15(24-3)11-17(16)19/h5-11,21H,4,12H2,1-3H3,(H,22,23). The predicted molar refractivity (Wildman–Crippen MR) is 97.7 cm³/mol. The summed E-state index contributed by atoms with van der Waals surface area (Å²) in [6, 6.07) is 13.8. The molecule has 3 aromatic rings. The molecule has 4 heteroatoms. The quantitative estimate of drug-likeness (QED) is 0.738. The molecule has 1 heterocycles. The average Bonchev–Trinajstić information content (AvgIpc) is 2.90. The molecule has 0 radical (unpaired) electrons. The van der Waals surface area contributed by atoms with E-state index in [0.717, 1.165) is 45.6 Å². The first-order valence-electron chi connectivity index (χ1n) is 8.15.